The van der Waals surface area contributed by atoms with Crippen molar-refractivity contribution in [1.29, 1.82) is 0 Å². The number of anilines is 1. The maximum atomic E-state index is 12.3. The van der Waals surface area contributed by atoms with Crippen LogP contribution in [0, 0.1) is 0 Å². The van der Waals surface area contributed by atoms with Crippen molar-refractivity contribution in [1.82, 2.24) is 19.8 Å². The maximum absolute atomic E-state index is 12.3. The van der Waals surface area contributed by atoms with E-state index in [-0.39, 0.29) is 11.9 Å². The minimum Gasteiger partial charge on any atom is -0.462 e. The number of ether oxygens (including phenoxy) is 1. The predicted octanol–water partition coefficient (Wildman–Crippen LogP) is 5.53. The van der Waals surface area contributed by atoms with Crippen LogP contribution in [0.1, 0.15) is 43.7 Å². The van der Waals surface area contributed by atoms with Crippen LogP contribution in [-0.4, -0.2) is 77.6 Å². The molecule has 0 saturated carbocycles. The van der Waals surface area contributed by atoms with E-state index in [2.05, 4.69) is 54.6 Å². The van der Waals surface area contributed by atoms with Gasteiger partial charge in [0.05, 0.1) is 5.52 Å². The van der Waals surface area contributed by atoms with Crippen molar-refractivity contribution in [2.45, 2.75) is 57.5 Å². The van der Waals surface area contributed by atoms with Crippen LogP contribution in [0.3, 0.4) is 0 Å². The molecule has 0 radical (unpaired) electrons. The van der Waals surface area contributed by atoms with Gasteiger partial charge in [-0.1, -0.05) is 36.4 Å². The fourth-order valence-electron chi connectivity index (χ4n) is 6.60. The monoisotopic (exact) mass is 559 g/mol. The van der Waals surface area contributed by atoms with E-state index < -0.39 is 0 Å². The van der Waals surface area contributed by atoms with Gasteiger partial charge in [-0.15, -0.1) is 0 Å². The first kappa shape index (κ1) is 27.0. The highest BCUT2D eigenvalue weighted by Crippen LogP contribution is 2.40. The zero-order valence-corrected chi connectivity index (χ0v) is 24.3. The molecule has 3 aliphatic rings. The van der Waals surface area contributed by atoms with E-state index in [9.17, 15) is 4.79 Å². The Hall–Kier alpha value is -3.16. The van der Waals surface area contributed by atoms with Gasteiger partial charge in [-0.25, -0.2) is 0 Å². The standard InChI is InChI=1S/C32H38ClN5O2/c1-4-30(39)37-15-16-38(21(2)19-37)31-27-17-28(33)26(25-13-7-10-22-9-5-6-12-24(22)25)18-29(27)34-32(35-31)40-20-23-11-8-14-36(23)3/h4,7,10,13,17-18,21,23H,1,5-6,8-9,11-12,14-16,19-20H2,2-3H3/t21-,23-/m0/s1. The van der Waals surface area contributed by atoms with E-state index in [0.717, 1.165) is 48.1 Å². The van der Waals surface area contributed by atoms with E-state index in [1.807, 2.05) is 11.0 Å². The van der Waals surface area contributed by atoms with Crippen molar-refractivity contribution >= 4 is 34.2 Å². The summed E-state index contributed by atoms with van der Waals surface area (Å²) in [6.45, 7) is 9.29. The van der Waals surface area contributed by atoms with E-state index in [4.69, 9.17) is 26.3 Å². The van der Waals surface area contributed by atoms with E-state index in [1.54, 1.807) is 0 Å². The summed E-state index contributed by atoms with van der Waals surface area (Å²) in [5.41, 5.74) is 5.86. The second-order valence-electron chi connectivity index (χ2n) is 11.4. The van der Waals surface area contributed by atoms with Crippen molar-refractivity contribution in [3.8, 4) is 17.1 Å². The molecule has 6 rings (SSSR count). The zero-order valence-electron chi connectivity index (χ0n) is 23.5. The van der Waals surface area contributed by atoms with Crippen molar-refractivity contribution in [2.24, 2.45) is 0 Å². The molecule has 2 fully saturated rings. The summed E-state index contributed by atoms with van der Waals surface area (Å²) in [4.78, 5) is 28.6. The first-order valence-electron chi connectivity index (χ1n) is 14.6. The Morgan fingerprint density at radius 3 is 2.75 bits per heavy atom. The van der Waals surface area contributed by atoms with Gasteiger partial charge >= 0.3 is 6.01 Å². The van der Waals surface area contributed by atoms with Gasteiger partial charge in [-0.2, -0.15) is 9.97 Å². The predicted molar refractivity (Wildman–Crippen MR) is 161 cm³/mol. The number of likely N-dealkylation sites (tertiary alicyclic amines) is 1. The molecule has 0 unspecified atom stereocenters. The summed E-state index contributed by atoms with van der Waals surface area (Å²) in [6.07, 6.45) is 8.31. The van der Waals surface area contributed by atoms with Crippen LogP contribution in [0.2, 0.25) is 5.02 Å². The van der Waals surface area contributed by atoms with E-state index in [1.165, 1.54) is 42.0 Å². The molecule has 8 heteroatoms. The summed E-state index contributed by atoms with van der Waals surface area (Å²) in [5, 5.41) is 1.60. The second-order valence-corrected chi connectivity index (χ2v) is 11.9. The number of aromatic nitrogens is 2. The molecule has 2 aromatic carbocycles. The third-order valence-electron chi connectivity index (χ3n) is 8.89. The summed E-state index contributed by atoms with van der Waals surface area (Å²) >= 11 is 7.04. The summed E-state index contributed by atoms with van der Waals surface area (Å²) < 4.78 is 6.28. The molecule has 2 saturated heterocycles. The molecule has 1 aliphatic carbocycles. The van der Waals surface area contributed by atoms with Crippen LogP contribution in [0.5, 0.6) is 6.01 Å². The lowest BCUT2D eigenvalue weighted by molar-refractivity contribution is -0.126. The summed E-state index contributed by atoms with van der Waals surface area (Å²) in [7, 11) is 2.15. The number of hydrogen-bond donors (Lipinski definition) is 0. The van der Waals surface area contributed by atoms with Gasteiger partial charge in [0.25, 0.3) is 0 Å². The van der Waals surface area contributed by atoms with Crippen LogP contribution in [0.25, 0.3) is 22.0 Å². The van der Waals surface area contributed by atoms with Crippen LogP contribution in [0.15, 0.2) is 43.0 Å². The highest BCUT2D eigenvalue weighted by molar-refractivity contribution is 6.34. The van der Waals surface area contributed by atoms with Crippen molar-refractivity contribution in [3.63, 3.8) is 0 Å². The Morgan fingerprint density at radius 2 is 1.98 bits per heavy atom. The molecular weight excluding hydrogens is 522 g/mol. The number of aryl methyl sites for hydroxylation is 1. The zero-order chi connectivity index (χ0) is 27.8. The molecule has 3 heterocycles. The van der Waals surface area contributed by atoms with Gasteiger partial charge < -0.3 is 19.4 Å². The van der Waals surface area contributed by atoms with E-state index in [0.29, 0.717) is 43.3 Å². The first-order valence-corrected chi connectivity index (χ1v) is 14.9. The number of carbonyl (C=O) groups is 1. The van der Waals surface area contributed by atoms with Gasteiger partial charge in [0.1, 0.15) is 12.4 Å². The molecule has 2 atom stereocenters. The number of likely N-dealkylation sites (N-methyl/N-ethyl adjacent to an activating group) is 1. The SMILES string of the molecule is C=CC(=O)N1CCN(c2nc(OC[C@@H]3CCCN3C)nc3cc(-c4cccc5c4CCCC5)c(Cl)cc23)[C@@H](C)C1. The number of fused-ring (bicyclic) bond motifs is 2. The quantitative estimate of drug-likeness (QED) is 0.370. The Morgan fingerprint density at radius 1 is 1.12 bits per heavy atom. The van der Waals surface area contributed by atoms with E-state index >= 15 is 0 Å². The third-order valence-corrected chi connectivity index (χ3v) is 9.20. The van der Waals surface area contributed by atoms with Gasteiger partial charge in [0.15, 0.2) is 0 Å². The number of rotatable bonds is 6. The Kier molecular flexibility index (Phi) is 7.69. The molecule has 7 nitrogen and oxygen atoms in total. The number of benzene rings is 2. The van der Waals surface area contributed by atoms with Crippen LogP contribution in [-0.2, 0) is 17.6 Å². The lowest BCUT2D eigenvalue weighted by Crippen LogP contribution is -2.53. The van der Waals surface area contributed by atoms with Gasteiger partial charge in [-0.05, 0) is 93.9 Å². The normalized spacial score (nSPS) is 21.5. The van der Waals surface area contributed by atoms with Gasteiger partial charge in [0.2, 0.25) is 5.91 Å². The van der Waals surface area contributed by atoms with Gasteiger partial charge in [0, 0.05) is 47.7 Å². The molecule has 210 valence electrons. The van der Waals surface area contributed by atoms with Crippen molar-refractivity contribution < 1.29 is 9.53 Å². The Bertz CT molecular complexity index is 1440. The Labute approximate surface area is 241 Å². The number of halogens is 1. The molecule has 40 heavy (non-hydrogen) atoms. The fourth-order valence-corrected chi connectivity index (χ4v) is 6.86. The largest absolute Gasteiger partial charge is 0.462 e. The van der Waals surface area contributed by atoms with Crippen molar-refractivity contribution in [3.05, 3.63) is 59.1 Å². The molecule has 2 aliphatic heterocycles. The summed E-state index contributed by atoms with van der Waals surface area (Å²) in [6, 6.07) is 11.5. The van der Waals surface area contributed by atoms with Crippen LogP contribution < -0.4 is 9.64 Å². The molecule has 1 aromatic heterocycles. The fraction of sp³-hybridized carbons (Fsp3) is 0.469. The number of nitrogens with zero attached hydrogens (tertiary/aromatic N) is 5. The average Bonchev–Trinajstić information content (AvgIpc) is 3.39. The molecule has 1 amide bonds. The molecule has 3 aromatic rings. The average molecular weight is 560 g/mol. The number of amides is 1. The second kappa shape index (κ2) is 11.4. The van der Waals surface area contributed by atoms with Gasteiger partial charge in [-0.3, -0.25) is 4.79 Å². The molecular formula is C32H38ClN5O2. The lowest BCUT2D eigenvalue weighted by Gasteiger charge is -2.40. The van der Waals surface area contributed by atoms with Crippen LogP contribution in [0.4, 0.5) is 5.82 Å². The smallest absolute Gasteiger partial charge is 0.319 e. The number of piperazine rings is 1. The number of hydrogen-bond acceptors (Lipinski definition) is 6. The minimum atomic E-state index is -0.0392. The first-order chi connectivity index (χ1) is 19.4. The molecule has 0 N–H and O–H groups in total. The van der Waals surface area contributed by atoms with Crippen LogP contribution >= 0.6 is 11.6 Å². The molecule has 0 bridgehead atoms. The lowest BCUT2D eigenvalue weighted by atomic mass is 9.86. The minimum absolute atomic E-state index is 0.0392. The number of carbonyl (C=O) groups excluding carboxylic acids is 1. The highest BCUT2D eigenvalue weighted by atomic mass is 35.5. The highest BCUT2D eigenvalue weighted by Gasteiger charge is 2.29. The molecule has 0 spiro atoms. The third kappa shape index (κ3) is 5.17. The topological polar surface area (TPSA) is 61.8 Å². The van der Waals surface area contributed by atoms with Crippen molar-refractivity contribution in [2.75, 3.05) is 44.7 Å². The summed E-state index contributed by atoms with van der Waals surface area (Å²) in [5.74, 6) is 0.768. The Balaban J connectivity index is 1.42. The maximum Gasteiger partial charge on any atom is 0.319 e.